The van der Waals surface area contributed by atoms with Crippen molar-refractivity contribution in [1.82, 2.24) is 4.57 Å². The predicted octanol–water partition coefficient (Wildman–Crippen LogP) is 3.81. The molecule has 1 aliphatic heterocycles. The number of carbonyl (C=O) groups excluding carboxylic acids is 3. The molecule has 10 nitrogen and oxygen atoms in total. The summed E-state index contributed by atoms with van der Waals surface area (Å²) in [6, 6.07) is 9.02. The monoisotopic (exact) mass is 642 g/mol. The van der Waals surface area contributed by atoms with E-state index in [1.807, 2.05) is 0 Å². The van der Waals surface area contributed by atoms with Crippen molar-refractivity contribution >= 4 is 51.3 Å². The number of hydrogen-bond donors (Lipinski definition) is 0. The number of carbonyl (C=O) groups is 3. The quantitative estimate of drug-likeness (QED) is 0.269. The molecule has 1 aliphatic rings. The molecule has 0 aliphatic carbocycles. The van der Waals surface area contributed by atoms with Gasteiger partial charge in [-0.1, -0.05) is 33.3 Å². The van der Waals surface area contributed by atoms with Crippen LogP contribution in [0.1, 0.15) is 51.8 Å². The maximum absolute atomic E-state index is 14.0. The molecule has 1 aromatic heterocycles. The zero-order valence-corrected chi connectivity index (χ0v) is 25.4. The Hall–Kier alpha value is -4.03. The molecule has 0 amide bonds. The van der Waals surface area contributed by atoms with Crippen LogP contribution in [0.25, 0.3) is 6.08 Å². The van der Waals surface area contributed by atoms with Crippen molar-refractivity contribution in [3.63, 3.8) is 0 Å². The Kier molecular flexibility index (Phi) is 9.24. The summed E-state index contributed by atoms with van der Waals surface area (Å²) in [5.41, 5.74) is 1.20. The molecule has 41 heavy (non-hydrogen) atoms. The molecule has 2 aromatic carbocycles. The number of fused-ring (bicyclic) bond motifs is 1. The van der Waals surface area contributed by atoms with E-state index in [0.29, 0.717) is 26.2 Å². The number of allylic oxidation sites excluding steroid dienone is 1. The van der Waals surface area contributed by atoms with Crippen LogP contribution in [0, 0.1) is 0 Å². The van der Waals surface area contributed by atoms with Crippen molar-refractivity contribution in [3.8, 4) is 17.2 Å². The van der Waals surface area contributed by atoms with Crippen molar-refractivity contribution in [2.75, 3.05) is 13.2 Å². The number of ether oxygens (including phenoxy) is 4. The standard InChI is InChI=1S/C29H27BrN2O8S/c1-6-37-23-13-18(8-10-22(23)40-17(5)34)26-25(28(36)38-7-2)15(3)31-29-32(26)27(35)24(41-29)14-19-12-20(30)9-11-21(19)39-16(4)33/h8-14,26H,6-7H2,1-5H3/b24-14+/t26-/m1/s1. The molecule has 12 heteroatoms. The van der Waals surface area contributed by atoms with E-state index < -0.39 is 29.5 Å². The first kappa shape index (κ1) is 29.9. The first-order chi connectivity index (χ1) is 19.5. The van der Waals surface area contributed by atoms with Gasteiger partial charge in [0.25, 0.3) is 5.56 Å². The fourth-order valence-electron chi connectivity index (χ4n) is 4.33. The van der Waals surface area contributed by atoms with Gasteiger partial charge in [-0.2, -0.15) is 0 Å². The molecule has 214 valence electrons. The number of thiazole rings is 1. The van der Waals surface area contributed by atoms with E-state index in [4.69, 9.17) is 18.9 Å². The number of esters is 3. The van der Waals surface area contributed by atoms with Crippen LogP contribution < -0.4 is 29.1 Å². The second-order valence-corrected chi connectivity index (χ2v) is 10.7. The van der Waals surface area contributed by atoms with Gasteiger partial charge in [-0.25, -0.2) is 9.79 Å². The average Bonchev–Trinajstić information content (AvgIpc) is 3.19. The lowest BCUT2D eigenvalue weighted by Gasteiger charge is -2.25. The average molecular weight is 644 g/mol. The first-order valence-electron chi connectivity index (χ1n) is 12.7. The van der Waals surface area contributed by atoms with Crippen LogP contribution in [0.4, 0.5) is 0 Å². The number of nitrogens with zero attached hydrogens (tertiary/aromatic N) is 2. The van der Waals surface area contributed by atoms with Gasteiger partial charge < -0.3 is 18.9 Å². The predicted molar refractivity (Wildman–Crippen MR) is 155 cm³/mol. The van der Waals surface area contributed by atoms with Crippen molar-refractivity contribution in [2.45, 2.75) is 40.7 Å². The second-order valence-electron chi connectivity index (χ2n) is 8.81. The van der Waals surface area contributed by atoms with Gasteiger partial charge in [0.15, 0.2) is 16.3 Å². The van der Waals surface area contributed by atoms with Gasteiger partial charge in [0, 0.05) is 23.9 Å². The van der Waals surface area contributed by atoms with Gasteiger partial charge in [-0.3, -0.25) is 19.0 Å². The molecule has 0 fully saturated rings. The number of hydrogen-bond acceptors (Lipinski definition) is 10. The van der Waals surface area contributed by atoms with Gasteiger partial charge in [-0.05, 0) is 62.7 Å². The summed E-state index contributed by atoms with van der Waals surface area (Å²) in [5.74, 6) is -0.856. The molecule has 0 N–H and O–H groups in total. The van der Waals surface area contributed by atoms with E-state index in [0.717, 1.165) is 15.8 Å². The van der Waals surface area contributed by atoms with Gasteiger partial charge >= 0.3 is 17.9 Å². The topological polar surface area (TPSA) is 122 Å². The lowest BCUT2D eigenvalue weighted by molar-refractivity contribution is -0.139. The summed E-state index contributed by atoms with van der Waals surface area (Å²) < 4.78 is 24.2. The molecule has 0 saturated carbocycles. The Balaban J connectivity index is 1.97. The normalized spacial score (nSPS) is 14.7. The molecule has 0 radical (unpaired) electrons. The lowest BCUT2D eigenvalue weighted by Crippen LogP contribution is -2.40. The van der Waals surface area contributed by atoms with Crippen LogP contribution >= 0.6 is 27.3 Å². The van der Waals surface area contributed by atoms with E-state index >= 15 is 0 Å². The number of benzene rings is 2. The van der Waals surface area contributed by atoms with Crippen LogP contribution in [0.2, 0.25) is 0 Å². The van der Waals surface area contributed by atoms with Crippen LogP contribution in [-0.2, 0) is 19.1 Å². The first-order valence-corrected chi connectivity index (χ1v) is 14.3. The summed E-state index contributed by atoms with van der Waals surface area (Å²) >= 11 is 4.55. The molecule has 4 rings (SSSR count). The molecule has 0 bridgehead atoms. The van der Waals surface area contributed by atoms with Crippen molar-refractivity contribution in [2.24, 2.45) is 4.99 Å². The van der Waals surface area contributed by atoms with E-state index in [-0.39, 0.29) is 36.0 Å². The molecule has 3 aromatic rings. The largest absolute Gasteiger partial charge is 0.490 e. The van der Waals surface area contributed by atoms with Crippen molar-refractivity contribution in [1.29, 1.82) is 0 Å². The van der Waals surface area contributed by atoms with Crippen LogP contribution in [0.3, 0.4) is 0 Å². The van der Waals surface area contributed by atoms with E-state index in [9.17, 15) is 19.2 Å². The SMILES string of the molecule is CCOC(=O)C1=C(C)N=c2s/c(=C/c3cc(Br)ccc3OC(C)=O)c(=O)n2[C@@H]1c1ccc(OC(C)=O)c(OCC)c1. The molecule has 0 spiro atoms. The van der Waals surface area contributed by atoms with Crippen molar-refractivity contribution in [3.05, 3.63) is 83.0 Å². The molecular formula is C29H27BrN2O8S. The molecule has 0 saturated heterocycles. The highest BCUT2D eigenvalue weighted by atomic mass is 79.9. The number of halogens is 1. The Morgan fingerprint density at radius 2 is 1.68 bits per heavy atom. The maximum atomic E-state index is 14.0. The van der Waals surface area contributed by atoms with Crippen molar-refractivity contribution < 1.29 is 33.3 Å². The molecule has 0 unspecified atom stereocenters. The van der Waals surface area contributed by atoms with Crippen LogP contribution in [0.5, 0.6) is 17.2 Å². The zero-order chi connectivity index (χ0) is 29.8. The van der Waals surface area contributed by atoms with E-state index in [1.54, 1.807) is 63.2 Å². The van der Waals surface area contributed by atoms with Gasteiger partial charge in [0.05, 0.1) is 35.1 Å². The van der Waals surface area contributed by atoms with Gasteiger partial charge in [0.2, 0.25) is 0 Å². The highest BCUT2D eigenvalue weighted by Crippen LogP contribution is 2.36. The smallest absolute Gasteiger partial charge is 0.338 e. The van der Waals surface area contributed by atoms with Crippen LogP contribution in [-0.4, -0.2) is 35.7 Å². The highest BCUT2D eigenvalue weighted by molar-refractivity contribution is 9.10. The summed E-state index contributed by atoms with van der Waals surface area (Å²) in [7, 11) is 0. The molecule has 2 heterocycles. The summed E-state index contributed by atoms with van der Waals surface area (Å²) in [4.78, 5) is 55.4. The molecule has 1 atom stereocenters. The fraction of sp³-hybridized carbons (Fsp3) is 0.276. The fourth-order valence-corrected chi connectivity index (χ4v) is 5.75. The summed E-state index contributed by atoms with van der Waals surface area (Å²) in [6.07, 6.45) is 1.61. The minimum absolute atomic E-state index is 0.129. The Labute approximate surface area is 247 Å². The highest BCUT2D eigenvalue weighted by Gasteiger charge is 2.34. The minimum atomic E-state index is -0.909. The third-order valence-electron chi connectivity index (χ3n) is 5.87. The third-order valence-corrected chi connectivity index (χ3v) is 7.34. The summed E-state index contributed by atoms with van der Waals surface area (Å²) in [6.45, 7) is 8.15. The Morgan fingerprint density at radius 3 is 2.34 bits per heavy atom. The lowest BCUT2D eigenvalue weighted by atomic mass is 9.95. The Bertz CT molecular complexity index is 1750. The van der Waals surface area contributed by atoms with E-state index in [1.165, 1.54) is 18.4 Å². The minimum Gasteiger partial charge on any atom is -0.490 e. The number of rotatable bonds is 8. The van der Waals surface area contributed by atoms with Gasteiger partial charge in [0.1, 0.15) is 5.75 Å². The van der Waals surface area contributed by atoms with Gasteiger partial charge in [-0.15, -0.1) is 0 Å². The number of aromatic nitrogens is 1. The second kappa shape index (κ2) is 12.6. The molecular weight excluding hydrogens is 616 g/mol. The van der Waals surface area contributed by atoms with E-state index in [2.05, 4.69) is 20.9 Å². The third kappa shape index (κ3) is 6.49. The Morgan fingerprint density at radius 1 is 1.00 bits per heavy atom. The van der Waals surface area contributed by atoms with Crippen LogP contribution in [0.15, 0.2) is 61.9 Å². The maximum Gasteiger partial charge on any atom is 0.338 e. The summed E-state index contributed by atoms with van der Waals surface area (Å²) in [5, 5.41) is 0. The zero-order valence-electron chi connectivity index (χ0n) is 23.0.